The van der Waals surface area contributed by atoms with Gasteiger partial charge in [0.05, 0.1) is 17.7 Å². The first-order valence-electron chi connectivity index (χ1n) is 6.18. The fourth-order valence-electron chi connectivity index (χ4n) is 1.57. The molecule has 6 heteroatoms. The first kappa shape index (κ1) is 15.7. The number of carboxylic acids is 1. The van der Waals surface area contributed by atoms with Crippen LogP contribution in [0.25, 0.3) is 0 Å². The Balaban J connectivity index is 3.07. The number of carboxylic acid groups (broad SMARTS) is 1. The van der Waals surface area contributed by atoms with E-state index in [4.69, 9.17) is 9.84 Å². The number of hydrogen-bond acceptors (Lipinski definition) is 5. The minimum Gasteiger partial charge on any atom is -0.479 e. The van der Waals surface area contributed by atoms with Crippen LogP contribution in [0.1, 0.15) is 40.1 Å². The summed E-state index contributed by atoms with van der Waals surface area (Å²) in [5.41, 5.74) is 0.950. The lowest BCUT2D eigenvalue weighted by Crippen LogP contribution is -2.17. The van der Waals surface area contributed by atoms with Crippen molar-refractivity contribution in [3.63, 3.8) is 0 Å². The topological polar surface area (TPSA) is 89.9 Å². The Morgan fingerprint density at radius 1 is 1.05 bits per heavy atom. The second-order valence-corrected chi connectivity index (χ2v) is 3.92. The van der Waals surface area contributed by atoms with Crippen LogP contribution < -0.4 is 0 Å². The van der Waals surface area contributed by atoms with Gasteiger partial charge in [0, 0.05) is 0 Å². The van der Waals surface area contributed by atoms with Crippen molar-refractivity contribution in [1.82, 2.24) is 0 Å². The van der Waals surface area contributed by atoms with E-state index in [9.17, 15) is 14.4 Å². The van der Waals surface area contributed by atoms with Crippen LogP contribution in [-0.4, -0.2) is 36.2 Å². The third-order valence-electron chi connectivity index (χ3n) is 2.53. The summed E-state index contributed by atoms with van der Waals surface area (Å²) in [6.45, 7) is 2.99. The van der Waals surface area contributed by atoms with Crippen molar-refractivity contribution in [3.8, 4) is 0 Å². The molecule has 20 heavy (non-hydrogen) atoms. The number of ether oxygens (including phenoxy) is 2. The summed E-state index contributed by atoms with van der Waals surface area (Å²) in [7, 11) is 0. The number of aryl methyl sites for hydroxylation is 1. The minimum absolute atomic E-state index is 0.00176. The quantitative estimate of drug-likeness (QED) is 0.797. The summed E-state index contributed by atoms with van der Waals surface area (Å²) in [6.07, 6.45) is 0.691. The third kappa shape index (κ3) is 4.08. The molecule has 0 atom stereocenters. The Hall–Kier alpha value is -2.37. The summed E-state index contributed by atoms with van der Waals surface area (Å²) in [5, 5.41) is 8.49. The Morgan fingerprint density at radius 3 is 2.25 bits per heavy atom. The summed E-state index contributed by atoms with van der Waals surface area (Å²) in [4.78, 5) is 34.0. The molecule has 0 spiro atoms. The van der Waals surface area contributed by atoms with E-state index in [-0.39, 0.29) is 17.7 Å². The molecule has 6 nitrogen and oxygen atoms in total. The lowest BCUT2D eigenvalue weighted by Gasteiger charge is -2.09. The predicted molar refractivity (Wildman–Crippen MR) is 69.7 cm³/mol. The zero-order valence-corrected chi connectivity index (χ0v) is 11.3. The molecule has 0 aliphatic heterocycles. The molecule has 0 unspecified atom stereocenters. The maximum absolute atomic E-state index is 11.8. The largest absolute Gasteiger partial charge is 0.479 e. The van der Waals surface area contributed by atoms with Crippen molar-refractivity contribution in [1.29, 1.82) is 0 Å². The second-order valence-electron chi connectivity index (χ2n) is 3.92. The monoisotopic (exact) mass is 280 g/mol. The fourth-order valence-corrected chi connectivity index (χ4v) is 1.57. The fraction of sp³-hybridized carbons (Fsp3) is 0.357. The van der Waals surface area contributed by atoms with Gasteiger partial charge in [-0.2, -0.15) is 0 Å². The van der Waals surface area contributed by atoms with E-state index in [1.807, 2.05) is 6.92 Å². The predicted octanol–water partition coefficient (Wildman–Crippen LogP) is 1.67. The molecule has 0 radical (unpaired) electrons. The van der Waals surface area contributed by atoms with Crippen molar-refractivity contribution in [2.75, 3.05) is 13.2 Å². The first-order chi connectivity index (χ1) is 9.49. The van der Waals surface area contributed by atoms with Gasteiger partial charge in [0.25, 0.3) is 0 Å². The van der Waals surface area contributed by atoms with Gasteiger partial charge < -0.3 is 14.6 Å². The van der Waals surface area contributed by atoms with E-state index >= 15 is 0 Å². The number of carbonyl (C=O) groups excluding carboxylic acids is 2. The Morgan fingerprint density at radius 2 is 1.70 bits per heavy atom. The average Bonchev–Trinajstić information content (AvgIpc) is 2.44. The molecule has 1 rings (SSSR count). The minimum atomic E-state index is -1.26. The smallest absolute Gasteiger partial charge is 0.341 e. The number of benzene rings is 1. The van der Waals surface area contributed by atoms with Crippen LogP contribution in [-0.2, 0) is 20.7 Å². The molecule has 0 saturated carbocycles. The molecule has 108 valence electrons. The molecule has 0 aliphatic carbocycles. The number of rotatable bonds is 6. The maximum atomic E-state index is 11.8. The SMILES string of the molecule is CCOC(=O)c1cc(CC)ccc1C(=O)OCC(=O)O. The van der Waals surface area contributed by atoms with Crippen molar-refractivity contribution < 1.29 is 29.0 Å². The van der Waals surface area contributed by atoms with E-state index in [1.54, 1.807) is 19.1 Å². The molecule has 0 amide bonds. The zero-order valence-electron chi connectivity index (χ0n) is 11.3. The highest BCUT2D eigenvalue weighted by molar-refractivity contribution is 6.03. The van der Waals surface area contributed by atoms with Crippen LogP contribution >= 0.6 is 0 Å². The van der Waals surface area contributed by atoms with Gasteiger partial charge >= 0.3 is 17.9 Å². The molecular formula is C14H16O6. The van der Waals surface area contributed by atoms with E-state index in [0.717, 1.165) is 5.56 Å². The van der Waals surface area contributed by atoms with Crippen LogP contribution in [0.3, 0.4) is 0 Å². The van der Waals surface area contributed by atoms with Crippen LogP contribution in [0.4, 0.5) is 0 Å². The number of hydrogen-bond donors (Lipinski definition) is 1. The number of esters is 2. The third-order valence-corrected chi connectivity index (χ3v) is 2.53. The van der Waals surface area contributed by atoms with E-state index in [2.05, 4.69) is 4.74 Å². The highest BCUT2D eigenvalue weighted by Crippen LogP contribution is 2.15. The van der Waals surface area contributed by atoms with Gasteiger partial charge in [-0.1, -0.05) is 13.0 Å². The lowest BCUT2D eigenvalue weighted by atomic mass is 10.0. The van der Waals surface area contributed by atoms with Crippen LogP contribution in [0.2, 0.25) is 0 Å². The highest BCUT2D eigenvalue weighted by atomic mass is 16.6. The van der Waals surface area contributed by atoms with Crippen molar-refractivity contribution >= 4 is 17.9 Å². The summed E-state index contributed by atoms with van der Waals surface area (Å²) < 4.78 is 9.47. The van der Waals surface area contributed by atoms with Gasteiger partial charge in [-0.15, -0.1) is 0 Å². The van der Waals surface area contributed by atoms with Gasteiger partial charge in [-0.05, 0) is 31.0 Å². The molecule has 0 saturated heterocycles. The highest BCUT2D eigenvalue weighted by Gasteiger charge is 2.20. The number of carbonyl (C=O) groups is 3. The van der Waals surface area contributed by atoms with Crippen molar-refractivity contribution in [2.24, 2.45) is 0 Å². The first-order valence-corrected chi connectivity index (χ1v) is 6.18. The van der Waals surface area contributed by atoms with Gasteiger partial charge in [0.15, 0.2) is 6.61 Å². The van der Waals surface area contributed by atoms with Gasteiger partial charge in [0.2, 0.25) is 0 Å². The van der Waals surface area contributed by atoms with E-state index < -0.39 is 24.5 Å². The van der Waals surface area contributed by atoms with Crippen LogP contribution in [0.15, 0.2) is 18.2 Å². The average molecular weight is 280 g/mol. The van der Waals surface area contributed by atoms with Gasteiger partial charge in [-0.25, -0.2) is 14.4 Å². The maximum Gasteiger partial charge on any atom is 0.341 e. The summed E-state index contributed by atoms with van der Waals surface area (Å²) in [6, 6.07) is 4.67. The molecular weight excluding hydrogens is 264 g/mol. The van der Waals surface area contributed by atoms with Crippen molar-refractivity contribution in [2.45, 2.75) is 20.3 Å². The van der Waals surface area contributed by atoms with E-state index in [1.165, 1.54) is 6.07 Å². The van der Waals surface area contributed by atoms with Crippen molar-refractivity contribution in [3.05, 3.63) is 34.9 Å². The Kier molecular flexibility index (Phi) is 5.71. The Bertz CT molecular complexity index is 520. The summed E-state index contributed by atoms with van der Waals surface area (Å²) in [5.74, 6) is -2.76. The van der Waals surface area contributed by atoms with Crippen LogP contribution in [0.5, 0.6) is 0 Å². The number of aliphatic carboxylic acids is 1. The lowest BCUT2D eigenvalue weighted by molar-refractivity contribution is -0.140. The molecule has 1 aromatic carbocycles. The Labute approximate surface area is 116 Å². The molecule has 0 heterocycles. The molecule has 0 fully saturated rings. The molecule has 0 bridgehead atoms. The second kappa shape index (κ2) is 7.28. The van der Waals surface area contributed by atoms with E-state index in [0.29, 0.717) is 6.42 Å². The van der Waals surface area contributed by atoms with Gasteiger partial charge in [-0.3, -0.25) is 0 Å². The van der Waals surface area contributed by atoms with Gasteiger partial charge in [0.1, 0.15) is 0 Å². The normalized spacial score (nSPS) is 9.90. The zero-order chi connectivity index (χ0) is 15.1. The molecule has 1 N–H and O–H groups in total. The standard InChI is InChI=1S/C14H16O6/c1-3-9-5-6-10(13(17)20-8-12(15)16)11(7-9)14(18)19-4-2/h5-7H,3-4,8H2,1-2H3,(H,15,16). The molecule has 0 aliphatic rings. The molecule has 1 aromatic rings. The summed E-state index contributed by atoms with van der Waals surface area (Å²) >= 11 is 0. The van der Waals surface area contributed by atoms with Crippen LogP contribution in [0, 0.1) is 0 Å². The molecule has 0 aromatic heterocycles.